The number of aryl methyl sites for hydroxylation is 1. The molecular formula is C27H24N4OS. The lowest BCUT2D eigenvalue weighted by Crippen LogP contribution is -2.00. The van der Waals surface area contributed by atoms with Crippen molar-refractivity contribution >= 4 is 34.8 Å². The predicted octanol–water partition coefficient (Wildman–Crippen LogP) is 6.35. The van der Waals surface area contributed by atoms with Gasteiger partial charge in [0.15, 0.2) is 6.29 Å². The Hall–Kier alpha value is -3.77. The number of anilines is 1. The van der Waals surface area contributed by atoms with E-state index in [0.717, 1.165) is 35.3 Å². The molecule has 0 amide bonds. The molecule has 164 valence electrons. The summed E-state index contributed by atoms with van der Waals surface area (Å²) in [7, 11) is 0. The summed E-state index contributed by atoms with van der Waals surface area (Å²) in [4.78, 5) is 11.0. The number of nitrogens with zero attached hydrogens (tertiary/aromatic N) is 3. The number of aldehydes is 1. The number of rotatable bonds is 7. The van der Waals surface area contributed by atoms with E-state index in [4.69, 9.17) is 0 Å². The standard InChI is InChI=1S/C27H24N4OS/c1-19-15-25(18-32)28-31(19)26-11-12-27-23(16-26)13-14-30(27)17-20-3-5-21(6-4-20)22-7-9-24(10-8-22)29-33-2/h3-16,18,29H,17H2,1-2H3. The largest absolute Gasteiger partial charge is 0.343 e. The average Bonchev–Trinajstić information content (AvgIpc) is 3.43. The molecule has 3 aromatic carbocycles. The molecule has 5 aromatic rings. The second-order valence-electron chi connectivity index (χ2n) is 8.01. The minimum Gasteiger partial charge on any atom is -0.343 e. The molecule has 5 rings (SSSR count). The Morgan fingerprint density at radius 1 is 0.939 bits per heavy atom. The Morgan fingerprint density at radius 2 is 1.67 bits per heavy atom. The maximum atomic E-state index is 11.0. The van der Waals surface area contributed by atoms with Crippen LogP contribution < -0.4 is 4.72 Å². The minimum atomic E-state index is 0.446. The number of hydrogen-bond donors (Lipinski definition) is 1. The van der Waals surface area contributed by atoms with Crippen LogP contribution in [0.25, 0.3) is 27.7 Å². The predicted molar refractivity (Wildman–Crippen MR) is 137 cm³/mol. The monoisotopic (exact) mass is 452 g/mol. The van der Waals surface area contributed by atoms with Crippen molar-refractivity contribution in [1.29, 1.82) is 0 Å². The van der Waals surface area contributed by atoms with Gasteiger partial charge in [-0.1, -0.05) is 48.3 Å². The lowest BCUT2D eigenvalue weighted by atomic mass is 10.0. The van der Waals surface area contributed by atoms with E-state index in [1.807, 2.05) is 23.9 Å². The third-order valence-corrected chi connectivity index (χ3v) is 6.21. The van der Waals surface area contributed by atoms with Gasteiger partial charge in [0.05, 0.1) is 5.69 Å². The summed E-state index contributed by atoms with van der Waals surface area (Å²) >= 11 is 1.59. The van der Waals surface area contributed by atoms with E-state index in [1.165, 1.54) is 22.2 Å². The summed E-state index contributed by atoms with van der Waals surface area (Å²) in [5.41, 5.74) is 8.28. The van der Waals surface area contributed by atoms with Crippen LogP contribution >= 0.6 is 11.9 Å². The SMILES string of the molecule is CSNc1ccc(-c2ccc(Cn3ccc4cc(-n5nc(C=O)cc5C)ccc43)cc2)cc1. The van der Waals surface area contributed by atoms with Gasteiger partial charge in [0.2, 0.25) is 0 Å². The first-order valence-electron chi connectivity index (χ1n) is 10.7. The highest BCUT2D eigenvalue weighted by atomic mass is 32.2. The van der Waals surface area contributed by atoms with Gasteiger partial charge in [-0.15, -0.1) is 0 Å². The molecule has 1 N–H and O–H groups in total. The third kappa shape index (κ3) is 4.30. The minimum absolute atomic E-state index is 0.446. The first-order valence-corrected chi connectivity index (χ1v) is 12.0. The summed E-state index contributed by atoms with van der Waals surface area (Å²) in [5, 5.41) is 5.51. The third-order valence-electron chi connectivity index (χ3n) is 5.77. The van der Waals surface area contributed by atoms with Gasteiger partial charge in [-0.25, -0.2) is 4.68 Å². The fourth-order valence-electron chi connectivity index (χ4n) is 4.12. The normalized spacial score (nSPS) is 11.1. The summed E-state index contributed by atoms with van der Waals surface area (Å²) in [5.74, 6) is 0. The van der Waals surface area contributed by atoms with E-state index in [1.54, 1.807) is 18.0 Å². The van der Waals surface area contributed by atoms with Crippen molar-refractivity contribution in [2.75, 3.05) is 11.0 Å². The van der Waals surface area contributed by atoms with Crippen molar-refractivity contribution in [2.45, 2.75) is 13.5 Å². The zero-order valence-corrected chi connectivity index (χ0v) is 19.3. The van der Waals surface area contributed by atoms with Crippen molar-refractivity contribution < 1.29 is 4.79 Å². The molecule has 2 aromatic heterocycles. The van der Waals surface area contributed by atoms with Crippen LogP contribution in [-0.4, -0.2) is 26.9 Å². The number of benzene rings is 3. The van der Waals surface area contributed by atoms with Crippen molar-refractivity contribution in [2.24, 2.45) is 0 Å². The number of aromatic nitrogens is 3. The Morgan fingerprint density at radius 3 is 2.33 bits per heavy atom. The van der Waals surface area contributed by atoms with Crippen LogP contribution in [0.5, 0.6) is 0 Å². The number of carbonyl (C=O) groups is 1. The number of hydrogen-bond acceptors (Lipinski definition) is 4. The van der Waals surface area contributed by atoms with Gasteiger partial charge < -0.3 is 9.29 Å². The van der Waals surface area contributed by atoms with Crippen molar-refractivity contribution in [1.82, 2.24) is 14.3 Å². The Labute approximate surface area is 197 Å². The molecular weight excluding hydrogens is 428 g/mol. The molecule has 0 bridgehead atoms. The quantitative estimate of drug-likeness (QED) is 0.231. The molecule has 0 fully saturated rings. The van der Waals surface area contributed by atoms with Gasteiger partial charge in [0.25, 0.3) is 0 Å². The topological polar surface area (TPSA) is 51.9 Å². The number of carbonyl (C=O) groups excluding carboxylic acids is 1. The van der Waals surface area contributed by atoms with Crippen LogP contribution in [0.15, 0.2) is 85.1 Å². The van der Waals surface area contributed by atoms with E-state index in [2.05, 4.69) is 87.3 Å². The van der Waals surface area contributed by atoms with Crippen LogP contribution in [-0.2, 0) is 6.54 Å². The fraction of sp³-hybridized carbons (Fsp3) is 0.111. The molecule has 0 aliphatic carbocycles. The zero-order chi connectivity index (χ0) is 22.8. The van der Waals surface area contributed by atoms with Crippen LogP contribution in [0.4, 0.5) is 5.69 Å². The van der Waals surface area contributed by atoms with Crippen LogP contribution in [0.1, 0.15) is 21.7 Å². The summed E-state index contributed by atoms with van der Waals surface area (Å²) in [6, 6.07) is 27.4. The van der Waals surface area contributed by atoms with E-state index in [0.29, 0.717) is 5.69 Å². The van der Waals surface area contributed by atoms with Gasteiger partial charge in [-0.05, 0) is 66.1 Å². The van der Waals surface area contributed by atoms with Gasteiger partial charge in [-0.3, -0.25) is 4.79 Å². The molecule has 6 heteroatoms. The zero-order valence-electron chi connectivity index (χ0n) is 18.5. The summed E-state index contributed by atoms with van der Waals surface area (Å²) in [6.07, 6.45) is 4.92. The van der Waals surface area contributed by atoms with Gasteiger partial charge in [0.1, 0.15) is 5.69 Å². The molecule has 0 aliphatic rings. The Bertz CT molecular complexity index is 1420. The van der Waals surface area contributed by atoms with Crippen LogP contribution in [0.2, 0.25) is 0 Å². The lowest BCUT2D eigenvalue weighted by molar-refractivity contribution is 0.111. The second-order valence-corrected chi connectivity index (χ2v) is 8.62. The molecule has 0 saturated carbocycles. The van der Waals surface area contributed by atoms with E-state index >= 15 is 0 Å². The average molecular weight is 453 g/mol. The van der Waals surface area contributed by atoms with Crippen LogP contribution in [0.3, 0.4) is 0 Å². The first-order chi connectivity index (χ1) is 16.1. The van der Waals surface area contributed by atoms with E-state index in [-0.39, 0.29) is 0 Å². The molecule has 5 nitrogen and oxygen atoms in total. The van der Waals surface area contributed by atoms with E-state index in [9.17, 15) is 4.79 Å². The summed E-state index contributed by atoms with van der Waals surface area (Å²) in [6.45, 7) is 2.75. The number of nitrogens with one attached hydrogen (secondary N) is 1. The van der Waals surface area contributed by atoms with Crippen molar-refractivity contribution in [3.05, 3.63) is 102 Å². The maximum absolute atomic E-state index is 11.0. The molecule has 0 unspecified atom stereocenters. The summed E-state index contributed by atoms with van der Waals surface area (Å²) < 4.78 is 7.31. The second kappa shape index (κ2) is 9.00. The molecule has 33 heavy (non-hydrogen) atoms. The highest BCUT2D eigenvalue weighted by molar-refractivity contribution is 7.99. The van der Waals surface area contributed by atoms with Gasteiger partial charge >= 0.3 is 0 Å². The van der Waals surface area contributed by atoms with Crippen LogP contribution in [0, 0.1) is 6.92 Å². The number of fused-ring (bicyclic) bond motifs is 1. The van der Waals surface area contributed by atoms with Crippen molar-refractivity contribution in [3.63, 3.8) is 0 Å². The Kier molecular flexibility index (Phi) is 5.75. The van der Waals surface area contributed by atoms with E-state index < -0.39 is 0 Å². The lowest BCUT2D eigenvalue weighted by Gasteiger charge is -2.09. The molecule has 0 aliphatic heterocycles. The van der Waals surface area contributed by atoms with Gasteiger partial charge in [0, 0.05) is 41.3 Å². The highest BCUT2D eigenvalue weighted by Crippen LogP contribution is 2.25. The van der Waals surface area contributed by atoms with Gasteiger partial charge in [-0.2, -0.15) is 5.10 Å². The highest BCUT2D eigenvalue weighted by Gasteiger charge is 2.09. The van der Waals surface area contributed by atoms with Crippen molar-refractivity contribution in [3.8, 4) is 16.8 Å². The molecule has 0 spiro atoms. The molecule has 0 radical (unpaired) electrons. The maximum Gasteiger partial charge on any atom is 0.170 e. The molecule has 2 heterocycles. The smallest absolute Gasteiger partial charge is 0.170 e. The first kappa shape index (κ1) is 21.1. The Balaban J connectivity index is 1.35. The molecule has 0 atom stereocenters. The fourth-order valence-corrected chi connectivity index (χ4v) is 4.49. The molecule has 0 saturated heterocycles.